The summed E-state index contributed by atoms with van der Waals surface area (Å²) in [5.74, 6) is -0.741. The summed E-state index contributed by atoms with van der Waals surface area (Å²) in [7, 11) is 3.97. The van der Waals surface area contributed by atoms with Gasteiger partial charge in [-0.15, -0.1) is 0 Å². The predicted molar refractivity (Wildman–Crippen MR) is 107 cm³/mol. The van der Waals surface area contributed by atoms with Crippen LogP contribution in [0.4, 0.5) is 0 Å². The fourth-order valence-corrected chi connectivity index (χ4v) is 3.31. The summed E-state index contributed by atoms with van der Waals surface area (Å²) >= 11 is 0. The van der Waals surface area contributed by atoms with Gasteiger partial charge >= 0.3 is 0 Å². The number of rotatable bonds is 9. The lowest BCUT2D eigenvalue weighted by atomic mass is 9.95. The van der Waals surface area contributed by atoms with Crippen LogP contribution in [0.5, 0.6) is 5.75 Å². The fraction of sp³-hybridized carbons (Fsp3) is 0.364. The van der Waals surface area contributed by atoms with Crippen LogP contribution in [-0.4, -0.2) is 55.5 Å². The maximum atomic E-state index is 13.0. The number of hydrogen-bond donors (Lipinski definition) is 2. The van der Waals surface area contributed by atoms with Gasteiger partial charge in [0.25, 0.3) is 5.91 Å². The van der Waals surface area contributed by atoms with E-state index in [2.05, 4.69) is 0 Å². The average Bonchev–Trinajstić information content (AvgIpc) is 3.33. The SMILES string of the molecule is CCCOc1ccc([C@@H]2C(C(=O)c3ccco3)=C(O)C(=O)N2CC[NH+](C)C)cc1. The second-order valence-electron chi connectivity index (χ2n) is 7.34. The van der Waals surface area contributed by atoms with E-state index in [9.17, 15) is 14.7 Å². The number of amides is 1. The summed E-state index contributed by atoms with van der Waals surface area (Å²) in [5, 5.41) is 10.6. The number of nitrogens with one attached hydrogen (secondary N) is 1. The van der Waals surface area contributed by atoms with Crippen LogP contribution in [0, 0.1) is 0 Å². The number of hydrogen-bond acceptors (Lipinski definition) is 5. The number of benzene rings is 1. The first-order valence-corrected chi connectivity index (χ1v) is 9.78. The highest BCUT2D eigenvalue weighted by molar-refractivity contribution is 6.15. The normalized spacial score (nSPS) is 16.8. The van der Waals surface area contributed by atoms with Gasteiger partial charge in [0.2, 0.25) is 5.78 Å². The number of nitrogens with zero attached hydrogens (tertiary/aromatic N) is 1. The van der Waals surface area contributed by atoms with Crippen LogP contribution in [0.2, 0.25) is 0 Å². The Morgan fingerprint density at radius 3 is 2.55 bits per heavy atom. The Labute approximate surface area is 170 Å². The minimum Gasteiger partial charge on any atom is -0.503 e. The van der Waals surface area contributed by atoms with Crippen molar-refractivity contribution in [2.24, 2.45) is 0 Å². The van der Waals surface area contributed by atoms with Crippen molar-refractivity contribution in [1.29, 1.82) is 0 Å². The first-order valence-electron chi connectivity index (χ1n) is 9.78. The Morgan fingerprint density at radius 2 is 1.97 bits per heavy atom. The number of likely N-dealkylation sites (N-methyl/N-ethyl adjacent to an activating group) is 1. The van der Waals surface area contributed by atoms with E-state index in [4.69, 9.17) is 9.15 Å². The number of furan rings is 1. The van der Waals surface area contributed by atoms with Crippen molar-refractivity contribution in [3.63, 3.8) is 0 Å². The van der Waals surface area contributed by atoms with Crippen molar-refractivity contribution in [2.75, 3.05) is 33.8 Å². The minimum atomic E-state index is -0.681. The van der Waals surface area contributed by atoms with Gasteiger partial charge in [-0.25, -0.2) is 0 Å². The number of quaternary nitrogens is 1. The number of carbonyl (C=O) groups is 2. The van der Waals surface area contributed by atoms with Crippen LogP contribution in [-0.2, 0) is 4.79 Å². The van der Waals surface area contributed by atoms with Gasteiger partial charge in [0.05, 0.1) is 51.7 Å². The molecule has 1 atom stereocenters. The molecule has 1 aromatic heterocycles. The molecule has 1 aromatic carbocycles. The summed E-state index contributed by atoms with van der Waals surface area (Å²) in [6, 6.07) is 9.73. The molecule has 0 fully saturated rings. The van der Waals surface area contributed by atoms with Crippen molar-refractivity contribution >= 4 is 11.7 Å². The van der Waals surface area contributed by atoms with Crippen molar-refractivity contribution < 1.29 is 28.7 Å². The Bertz CT molecular complexity index is 884. The molecule has 7 heteroatoms. The van der Waals surface area contributed by atoms with Crippen molar-refractivity contribution in [3.05, 3.63) is 65.3 Å². The molecule has 2 aromatic rings. The molecule has 1 aliphatic heterocycles. The second-order valence-corrected chi connectivity index (χ2v) is 7.34. The zero-order valence-electron chi connectivity index (χ0n) is 17.0. The molecule has 1 aliphatic rings. The smallest absolute Gasteiger partial charge is 0.290 e. The first-order chi connectivity index (χ1) is 13.9. The van der Waals surface area contributed by atoms with Gasteiger partial charge < -0.3 is 24.1 Å². The Kier molecular flexibility index (Phi) is 6.39. The van der Waals surface area contributed by atoms with Gasteiger partial charge in [0, 0.05) is 0 Å². The Hall–Kier alpha value is -3.06. The summed E-state index contributed by atoms with van der Waals surface area (Å²) < 4.78 is 10.9. The maximum absolute atomic E-state index is 13.0. The van der Waals surface area contributed by atoms with Crippen molar-refractivity contribution in [3.8, 4) is 5.75 Å². The highest BCUT2D eigenvalue weighted by Gasteiger charge is 2.44. The average molecular weight is 399 g/mol. The molecular weight excluding hydrogens is 372 g/mol. The second kappa shape index (κ2) is 8.96. The third kappa shape index (κ3) is 4.35. The molecule has 2 N–H and O–H groups in total. The monoisotopic (exact) mass is 399 g/mol. The van der Waals surface area contributed by atoms with E-state index in [1.165, 1.54) is 12.3 Å². The van der Waals surface area contributed by atoms with Crippen LogP contribution in [0.25, 0.3) is 0 Å². The topological polar surface area (TPSA) is 84.4 Å². The van der Waals surface area contributed by atoms with Crippen LogP contribution >= 0.6 is 0 Å². The van der Waals surface area contributed by atoms with Gasteiger partial charge in [-0.2, -0.15) is 0 Å². The van der Waals surface area contributed by atoms with E-state index >= 15 is 0 Å². The molecule has 0 radical (unpaired) electrons. The van der Waals surface area contributed by atoms with E-state index in [1.807, 2.05) is 45.3 Å². The molecule has 2 heterocycles. The fourth-order valence-electron chi connectivity index (χ4n) is 3.31. The number of ketones is 1. The lowest BCUT2D eigenvalue weighted by Crippen LogP contribution is -3.06. The number of carbonyl (C=O) groups excluding carboxylic acids is 2. The van der Waals surface area contributed by atoms with E-state index in [1.54, 1.807) is 11.0 Å². The van der Waals surface area contributed by atoms with Crippen molar-refractivity contribution in [2.45, 2.75) is 19.4 Å². The van der Waals surface area contributed by atoms with E-state index < -0.39 is 23.5 Å². The van der Waals surface area contributed by atoms with Crippen LogP contribution < -0.4 is 9.64 Å². The molecule has 1 amide bonds. The Balaban J connectivity index is 1.98. The quantitative estimate of drug-likeness (QED) is 0.628. The van der Waals surface area contributed by atoms with Gasteiger partial charge in [0.1, 0.15) is 5.75 Å². The highest BCUT2D eigenvalue weighted by atomic mass is 16.5. The van der Waals surface area contributed by atoms with Crippen LogP contribution in [0.3, 0.4) is 0 Å². The van der Waals surface area contributed by atoms with E-state index in [-0.39, 0.29) is 11.3 Å². The minimum absolute atomic E-state index is 0.0425. The van der Waals surface area contributed by atoms with E-state index in [0.29, 0.717) is 19.7 Å². The molecule has 0 unspecified atom stereocenters. The van der Waals surface area contributed by atoms with Gasteiger partial charge in [-0.1, -0.05) is 19.1 Å². The standard InChI is InChI=1S/C22H26N2O5/c1-4-13-28-16-9-7-15(8-10-16)19-18(20(25)17-6-5-14-29-17)21(26)22(27)24(19)12-11-23(2)3/h5-10,14,19,26H,4,11-13H2,1-3H3/p+1/t19-/m1/s1. The molecule has 0 spiro atoms. The van der Waals surface area contributed by atoms with Crippen LogP contribution in [0.1, 0.15) is 35.5 Å². The van der Waals surface area contributed by atoms with Crippen LogP contribution in [0.15, 0.2) is 58.4 Å². The maximum Gasteiger partial charge on any atom is 0.290 e. The van der Waals surface area contributed by atoms with Gasteiger partial charge in [0.15, 0.2) is 11.5 Å². The van der Waals surface area contributed by atoms with Gasteiger partial charge in [-0.05, 0) is 36.2 Å². The lowest BCUT2D eigenvalue weighted by molar-refractivity contribution is -0.857. The zero-order chi connectivity index (χ0) is 21.0. The van der Waals surface area contributed by atoms with Gasteiger partial charge in [-0.3, -0.25) is 9.59 Å². The van der Waals surface area contributed by atoms with E-state index in [0.717, 1.165) is 22.6 Å². The molecule has 0 aliphatic carbocycles. The molecule has 7 nitrogen and oxygen atoms in total. The predicted octanol–water partition coefficient (Wildman–Crippen LogP) is 1.79. The molecule has 0 saturated heterocycles. The summed E-state index contributed by atoms with van der Waals surface area (Å²) in [4.78, 5) is 28.5. The summed E-state index contributed by atoms with van der Waals surface area (Å²) in [5.41, 5.74) is 0.774. The lowest BCUT2D eigenvalue weighted by Gasteiger charge is -2.27. The first kappa shape index (κ1) is 20.7. The molecule has 0 bridgehead atoms. The van der Waals surface area contributed by atoms with Crippen molar-refractivity contribution in [1.82, 2.24) is 4.90 Å². The number of aliphatic hydroxyl groups is 1. The third-order valence-corrected chi connectivity index (χ3v) is 4.81. The molecule has 0 saturated carbocycles. The number of ether oxygens (including phenoxy) is 1. The largest absolute Gasteiger partial charge is 0.503 e. The number of aliphatic hydroxyl groups excluding tert-OH is 1. The zero-order valence-corrected chi connectivity index (χ0v) is 17.0. The molecular formula is C22H27N2O5+. The summed E-state index contributed by atoms with van der Waals surface area (Å²) in [6.07, 6.45) is 2.29. The third-order valence-electron chi connectivity index (χ3n) is 4.81. The Morgan fingerprint density at radius 1 is 1.24 bits per heavy atom. The molecule has 29 heavy (non-hydrogen) atoms. The number of Topliss-reactive ketones (excluding diaryl/α,β-unsaturated/α-hetero) is 1. The summed E-state index contributed by atoms with van der Waals surface area (Å²) in [6.45, 7) is 3.72. The molecule has 3 rings (SSSR count). The highest BCUT2D eigenvalue weighted by Crippen LogP contribution is 2.39. The molecule has 154 valence electrons.